The monoisotopic (exact) mass is 230 g/mol. The first-order chi connectivity index (χ1) is 8.33. The average molecular weight is 230 g/mol. The molecule has 1 aromatic heterocycles. The summed E-state index contributed by atoms with van der Waals surface area (Å²) in [5, 5.41) is 4.11. The SMILES string of the molecule is Nc1ncnc2ccc(O[C@H]3CCNC3)cc12. The Bertz CT molecular complexity index is 537. The zero-order chi connectivity index (χ0) is 11.7. The molecule has 0 radical (unpaired) electrons. The van der Waals surface area contributed by atoms with E-state index in [1.165, 1.54) is 6.33 Å². The highest BCUT2D eigenvalue weighted by Gasteiger charge is 2.16. The van der Waals surface area contributed by atoms with Gasteiger partial charge in [-0.05, 0) is 31.2 Å². The van der Waals surface area contributed by atoms with Crippen LogP contribution in [0.2, 0.25) is 0 Å². The van der Waals surface area contributed by atoms with E-state index in [1.54, 1.807) is 0 Å². The third kappa shape index (κ3) is 2.01. The van der Waals surface area contributed by atoms with Gasteiger partial charge >= 0.3 is 0 Å². The number of fused-ring (bicyclic) bond motifs is 1. The third-order valence-corrected chi connectivity index (χ3v) is 2.96. The lowest BCUT2D eigenvalue weighted by Crippen LogP contribution is -2.19. The largest absolute Gasteiger partial charge is 0.489 e. The summed E-state index contributed by atoms with van der Waals surface area (Å²) in [5.41, 5.74) is 6.66. The van der Waals surface area contributed by atoms with Gasteiger partial charge in [-0.15, -0.1) is 0 Å². The van der Waals surface area contributed by atoms with Gasteiger partial charge in [-0.25, -0.2) is 9.97 Å². The Labute approximate surface area is 99.0 Å². The standard InChI is InChI=1S/C12H14N4O/c13-12-10-5-8(17-9-3-4-14-6-9)1-2-11(10)15-7-16-12/h1-2,5,7,9,14H,3-4,6H2,(H2,13,15,16)/t9-/m0/s1. The number of anilines is 1. The van der Waals surface area contributed by atoms with E-state index in [-0.39, 0.29) is 6.10 Å². The quantitative estimate of drug-likeness (QED) is 0.803. The van der Waals surface area contributed by atoms with Crippen molar-refractivity contribution in [1.29, 1.82) is 0 Å². The molecule has 0 bridgehead atoms. The van der Waals surface area contributed by atoms with Crippen LogP contribution in [0, 0.1) is 0 Å². The average Bonchev–Trinajstić information content (AvgIpc) is 2.83. The van der Waals surface area contributed by atoms with Crippen LogP contribution in [0.25, 0.3) is 10.9 Å². The van der Waals surface area contributed by atoms with Gasteiger partial charge in [0.2, 0.25) is 0 Å². The van der Waals surface area contributed by atoms with Crippen molar-refractivity contribution in [2.75, 3.05) is 18.8 Å². The van der Waals surface area contributed by atoms with Gasteiger partial charge in [0, 0.05) is 11.9 Å². The number of nitrogens with one attached hydrogen (secondary N) is 1. The van der Waals surface area contributed by atoms with Crippen LogP contribution < -0.4 is 15.8 Å². The van der Waals surface area contributed by atoms with Crippen LogP contribution in [0.15, 0.2) is 24.5 Å². The number of hydrogen-bond donors (Lipinski definition) is 2. The molecule has 1 aliphatic heterocycles. The predicted octanol–water partition coefficient (Wildman–Crippen LogP) is 0.953. The third-order valence-electron chi connectivity index (χ3n) is 2.96. The summed E-state index contributed by atoms with van der Waals surface area (Å²) in [5.74, 6) is 1.32. The molecule has 3 rings (SSSR count). The molecule has 5 nitrogen and oxygen atoms in total. The molecular formula is C12H14N4O. The van der Waals surface area contributed by atoms with Gasteiger partial charge in [0.1, 0.15) is 24.0 Å². The second-order valence-corrected chi connectivity index (χ2v) is 4.17. The van der Waals surface area contributed by atoms with Crippen LogP contribution in [0.4, 0.5) is 5.82 Å². The fourth-order valence-electron chi connectivity index (χ4n) is 2.05. The van der Waals surface area contributed by atoms with E-state index in [4.69, 9.17) is 10.5 Å². The van der Waals surface area contributed by atoms with E-state index in [9.17, 15) is 0 Å². The molecule has 1 atom stereocenters. The molecule has 5 heteroatoms. The molecule has 17 heavy (non-hydrogen) atoms. The molecule has 0 aliphatic carbocycles. The fraction of sp³-hybridized carbons (Fsp3) is 0.333. The van der Waals surface area contributed by atoms with E-state index in [2.05, 4.69) is 15.3 Å². The molecule has 3 N–H and O–H groups in total. The number of nitrogens with zero attached hydrogens (tertiary/aromatic N) is 2. The van der Waals surface area contributed by atoms with E-state index >= 15 is 0 Å². The lowest BCUT2D eigenvalue weighted by Gasteiger charge is -2.12. The van der Waals surface area contributed by atoms with Crippen LogP contribution in [0.3, 0.4) is 0 Å². The second-order valence-electron chi connectivity index (χ2n) is 4.17. The van der Waals surface area contributed by atoms with Crippen molar-refractivity contribution in [2.24, 2.45) is 0 Å². The topological polar surface area (TPSA) is 73.1 Å². The van der Waals surface area contributed by atoms with Gasteiger partial charge in [0.25, 0.3) is 0 Å². The summed E-state index contributed by atoms with van der Waals surface area (Å²) in [6.45, 7) is 1.92. The minimum absolute atomic E-state index is 0.248. The molecule has 88 valence electrons. The second kappa shape index (κ2) is 4.18. The van der Waals surface area contributed by atoms with Crippen LogP contribution in [0.5, 0.6) is 5.75 Å². The molecule has 2 heterocycles. The predicted molar refractivity (Wildman–Crippen MR) is 65.9 cm³/mol. The van der Waals surface area contributed by atoms with Gasteiger partial charge < -0.3 is 15.8 Å². The molecule has 1 saturated heterocycles. The first-order valence-corrected chi connectivity index (χ1v) is 5.70. The highest BCUT2D eigenvalue weighted by molar-refractivity contribution is 5.88. The number of aromatic nitrogens is 2. The minimum atomic E-state index is 0.248. The molecular weight excluding hydrogens is 216 g/mol. The highest BCUT2D eigenvalue weighted by Crippen LogP contribution is 2.23. The fourth-order valence-corrected chi connectivity index (χ4v) is 2.05. The number of nitrogen functional groups attached to an aromatic ring is 1. The maximum atomic E-state index is 5.86. The van der Waals surface area contributed by atoms with E-state index in [0.29, 0.717) is 5.82 Å². The maximum absolute atomic E-state index is 5.86. The summed E-state index contributed by atoms with van der Waals surface area (Å²) >= 11 is 0. The number of nitrogens with two attached hydrogens (primary N) is 1. The van der Waals surface area contributed by atoms with Gasteiger partial charge in [-0.2, -0.15) is 0 Å². The van der Waals surface area contributed by atoms with Gasteiger partial charge in [-0.1, -0.05) is 0 Å². The molecule has 0 amide bonds. The Morgan fingerprint density at radius 3 is 3.12 bits per heavy atom. The summed E-state index contributed by atoms with van der Waals surface area (Å²) in [4.78, 5) is 8.13. The van der Waals surface area contributed by atoms with Crippen molar-refractivity contribution in [3.63, 3.8) is 0 Å². The Kier molecular flexibility index (Phi) is 2.53. The van der Waals surface area contributed by atoms with E-state index in [0.717, 1.165) is 36.2 Å². The van der Waals surface area contributed by atoms with Crippen LogP contribution in [-0.2, 0) is 0 Å². The van der Waals surface area contributed by atoms with Gasteiger partial charge in [0.05, 0.1) is 5.52 Å². The number of rotatable bonds is 2. The van der Waals surface area contributed by atoms with E-state index < -0.39 is 0 Å². The molecule has 1 aromatic carbocycles. The van der Waals surface area contributed by atoms with Crippen LogP contribution >= 0.6 is 0 Å². The number of hydrogen-bond acceptors (Lipinski definition) is 5. The molecule has 2 aromatic rings. The summed E-state index contributed by atoms with van der Waals surface area (Å²) in [6, 6.07) is 5.74. The molecule has 0 saturated carbocycles. The van der Waals surface area contributed by atoms with Crippen LogP contribution in [0.1, 0.15) is 6.42 Å². The first kappa shape index (κ1) is 10.3. The zero-order valence-corrected chi connectivity index (χ0v) is 9.39. The highest BCUT2D eigenvalue weighted by atomic mass is 16.5. The zero-order valence-electron chi connectivity index (χ0n) is 9.39. The van der Waals surface area contributed by atoms with Crippen molar-refractivity contribution < 1.29 is 4.74 Å². The summed E-state index contributed by atoms with van der Waals surface area (Å²) in [7, 11) is 0. The van der Waals surface area contributed by atoms with Crippen molar-refractivity contribution in [3.8, 4) is 5.75 Å². The Morgan fingerprint density at radius 2 is 2.29 bits per heavy atom. The van der Waals surface area contributed by atoms with Crippen molar-refractivity contribution in [3.05, 3.63) is 24.5 Å². The van der Waals surface area contributed by atoms with Crippen LogP contribution in [-0.4, -0.2) is 29.2 Å². The smallest absolute Gasteiger partial charge is 0.134 e. The molecule has 1 aliphatic rings. The van der Waals surface area contributed by atoms with Crippen molar-refractivity contribution >= 4 is 16.7 Å². The Hall–Kier alpha value is -1.88. The molecule has 1 fully saturated rings. The molecule has 0 unspecified atom stereocenters. The Balaban J connectivity index is 1.92. The number of ether oxygens (including phenoxy) is 1. The normalized spacial score (nSPS) is 19.6. The van der Waals surface area contributed by atoms with Gasteiger partial charge in [0.15, 0.2) is 0 Å². The lowest BCUT2D eigenvalue weighted by atomic mass is 10.2. The Morgan fingerprint density at radius 1 is 1.35 bits per heavy atom. The summed E-state index contributed by atoms with van der Waals surface area (Å²) < 4.78 is 5.86. The number of benzene rings is 1. The first-order valence-electron chi connectivity index (χ1n) is 5.70. The minimum Gasteiger partial charge on any atom is -0.489 e. The lowest BCUT2D eigenvalue weighted by molar-refractivity contribution is 0.223. The summed E-state index contributed by atoms with van der Waals surface area (Å²) in [6.07, 6.45) is 2.76. The molecule has 0 spiro atoms. The van der Waals surface area contributed by atoms with Gasteiger partial charge in [-0.3, -0.25) is 0 Å². The van der Waals surface area contributed by atoms with E-state index in [1.807, 2.05) is 18.2 Å². The van der Waals surface area contributed by atoms with Crippen molar-refractivity contribution in [1.82, 2.24) is 15.3 Å². The van der Waals surface area contributed by atoms with Crippen molar-refractivity contribution in [2.45, 2.75) is 12.5 Å². The maximum Gasteiger partial charge on any atom is 0.134 e.